The lowest BCUT2D eigenvalue weighted by Gasteiger charge is -2.25. The standard InChI is InChI=1S/C14H26N2O4/c1-6-7-11(8-15-10-17)13(19)16(5)9-12(18)20-14(2,3)4/h10-11H,6-9H2,1-5H3,(H,15,17). The van der Waals surface area contributed by atoms with Crippen molar-refractivity contribution in [3.8, 4) is 0 Å². The van der Waals surface area contributed by atoms with Crippen LogP contribution in [0.3, 0.4) is 0 Å². The average Bonchev–Trinajstić information content (AvgIpc) is 2.31. The van der Waals surface area contributed by atoms with E-state index >= 15 is 0 Å². The maximum Gasteiger partial charge on any atom is 0.326 e. The molecule has 0 aliphatic carbocycles. The second kappa shape index (κ2) is 8.55. The smallest absolute Gasteiger partial charge is 0.326 e. The van der Waals surface area contributed by atoms with Crippen LogP contribution in [0.1, 0.15) is 40.5 Å². The zero-order chi connectivity index (χ0) is 15.8. The van der Waals surface area contributed by atoms with Crippen molar-refractivity contribution in [2.24, 2.45) is 5.92 Å². The predicted octanol–water partition coefficient (Wildman–Crippen LogP) is 0.949. The maximum atomic E-state index is 12.2. The van der Waals surface area contributed by atoms with Gasteiger partial charge < -0.3 is 15.0 Å². The number of rotatable bonds is 8. The summed E-state index contributed by atoms with van der Waals surface area (Å²) in [5, 5.41) is 2.52. The third-order valence-corrected chi connectivity index (χ3v) is 2.60. The van der Waals surface area contributed by atoms with Gasteiger partial charge in [0.1, 0.15) is 12.1 Å². The van der Waals surface area contributed by atoms with Crippen molar-refractivity contribution >= 4 is 18.3 Å². The summed E-state index contributed by atoms with van der Waals surface area (Å²) in [5.41, 5.74) is -0.567. The number of nitrogens with zero attached hydrogens (tertiary/aromatic N) is 1. The van der Waals surface area contributed by atoms with Crippen LogP contribution in [0.4, 0.5) is 0 Å². The first-order valence-electron chi connectivity index (χ1n) is 6.85. The highest BCUT2D eigenvalue weighted by atomic mass is 16.6. The van der Waals surface area contributed by atoms with E-state index in [2.05, 4.69) is 5.32 Å². The monoisotopic (exact) mass is 286 g/mol. The number of nitrogens with one attached hydrogen (secondary N) is 1. The van der Waals surface area contributed by atoms with Crippen molar-refractivity contribution in [2.45, 2.75) is 46.1 Å². The highest BCUT2D eigenvalue weighted by molar-refractivity contribution is 5.83. The van der Waals surface area contributed by atoms with Crippen LogP contribution >= 0.6 is 0 Å². The molecule has 0 aromatic heterocycles. The van der Waals surface area contributed by atoms with Crippen LogP contribution < -0.4 is 5.32 Å². The fraction of sp³-hybridized carbons (Fsp3) is 0.786. The molecule has 0 aromatic carbocycles. The molecule has 0 aliphatic rings. The zero-order valence-electron chi connectivity index (χ0n) is 13.1. The molecule has 116 valence electrons. The summed E-state index contributed by atoms with van der Waals surface area (Å²) in [6, 6.07) is 0. The fourth-order valence-electron chi connectivity index (χ4n) is 1.81. The van der Waals surface area contributed by atoms with E-state index in [1.807, 2.05) is 6.92 Å². The Hall–Kier alpha value is -1.59. The summed E-state index contributed by atoms with van der Waals surface area (Å²) < 4.78 is 5.17. The van der Waals surface area contributed by atoms with Crippen LogP contribution in [0.2, 0.25) is 0 Å². The number of esters is 1. The van der Waals surface area contributed by atoms with Crippen molar-refractivity contribution in [2.75, 3.05) is 20.1 Å². The van der Waals surface area contributed by atoms with E-state index < -0.39 is 11.6 Å². The first-order chi connectivity index (χ1) is 9.21. The molecular formula is C14H26N2O4. The van der Waals surface area contributed by atoms with Crippen LogP contribution in [0.25, 0.3) is 0 Å². The Balaban J connectivity index is 4.48. The predicted molar refractivity (Wildman–Crippen MR) is 75.9 cm³/mol. The van der Waals surface area contributed by atoms with Gasteiger partial charge in [-0.1, -0.05) is 13.3 Å². The van der Waals surface area contributed by atoms with Gasteiger partial charge in [0.15, 0.2) is 0 Å². The molecule has 0 saturated heterocycles. The van der Waals surface area contributed by atoms with Gasteiger partial charge in [0.05, 0.1) is 5.92 Å². The molecule has 6 heteroatoms. The van der Waals surface area contributed by atoms with Crippen LogP contribution in [0.5, 0.6) is 0 Å². The number of likely N-dealkylation sites (N-methyl/N-ethyl adjacent to an activating group) is 1. The Morgan fingerprint density at radius 2 is 1.95 bits per heavy atom. The molecule has 0 saturated carbocycles. The number of carbonyl (C=O) groups is 3. The van der Waals surface area contributed by atoms with Crippen molar-refractivity contribution in [1.29, 1.82) is 0 Å². The lowest BCUT2D eigenvalue weighted by atomic mass is 10.0. The molecule has 0 aliphatic heterocycles. The zero-order valence-corrected chi connectivity index (χ0v) is 13.1. The molecule has 0 rings (SSSR count). The number of amides is 2. The van der Waals surface area contributed by atoms with E-state index in [1.54, 1.807) is 27.8 Å². The Morgan fingerprint density at radius 3 is 2.40 bits per heavy atom. The van der Waals surface area contributed by atoms with E-state index in [0.717, 1.165) is 6.42 Å². The minimum Gasteiger partial charge on any atom is -0.459 e. The minimum atomic E-state index is -0.567. The third kappa shape index (κ3) is 7.76. The van der Waals surface area contributed by atoms with Crippen LogP contribution in [-0.2, 0) is 19.1 Å². The molecule has 1 unspecified atom stereocenters. The quantitative estimate of drug-likeness (QED) is 0.532. The molecular weight excluding hydrogens is 260 g/mol. The topological polar surface area (TPSA) is 75.7 Å². The van der Waals surface area contributed by atoms with Crippen LogP contribution in [-0.4, -0.2) is 48.9 Å². The Bertz CT molecular complexity index is 337. The summed E-state index contributed by atoms with van der Waals surface area (Å²) in [6.45, 7) is 7.50. The third-order valence-electron chi connectivity index (χ3n) is 2.60. The van der Waals surface area contributed by atoms with Gasteiger partial charge in [-0.15, -0.1) is 0 Å². The van der Waals surface area contributed by atoms with Crippen molar-refractivity contribution in [3.05, 3.63) is 0 Å². The van der Waals surface area contributed by atoms with Crippen LogP contribution in [0.15, 0.2) is 0 Å². The van der Waals surface area contributed by atoms with E-state index in [-0.39, 0.29) is 24.9 Å². The molecule has 6 nitrogen and oxygen atoms in total. The molecule has 0 fully saturated rings. The first kappa shape index (κ1) is 18.4. The Labute approximate surface area is 120 Å². The molecule has 2 amide bonds. The van der Waals surface area contributed by atoms with Crippen LogP contribution in [0, 0.1) is 5.92 Å². The van der Waals surface area contributed by atoms with Gasteiger partial charge in [0.2, 0.25) is 12.3 Å². The number of hydrogen-bond donors (Lipinski definition) is 1. The SMILES string of the molecule is CCCC(CNC=O)C(=O)N(C)CC(=O)OC(C)(C)C. The van der Waals surface area contributed by atoms with Gasteiger partial charge in [-0.3, -0.25) is 14.4 Å². The van der Waals surface area contributed by atoms with E-state index in [1.165, 1.54) is 4.90 Å². The van der Waals surface area contributed by atoms with Gasteiger partial charge in [0.25, 0.3) is 0 Å². The summed E-state index contributed by atoms with van der Waals surface area (Å²) >= 11 is 0. The summed E-state index contributed by atoms with van der Waals surface area (Å²) in [4.78, 5) is 35.6. The highest BCUT2D eigenvalue weighted by Crippen LogP contribution is 2.11. The lowest BCUT2D eigenvalue weighted by Crippen LogP contribution is -2.41. The second-order valence-electron chi connectivity index (χ2n) is 5.79. The van der Waals surface area contributed by atoms with Gasteiger partial charge in [0, 0.05) is 13.6 Å². The average molecular weight is 286 g/mol. The van der Waals surface area contributed by atoms with E-state index in [0.29, 0.717) is 12.8 Å². The van der Waals surface area contributed by atoms with Gasteiger partial charge in [-0.25, -0.2) is 0 Å². The molecule has 1 N–H and O–H groups in total. The first-order valence-corrected chi connectivity index (χ1v) is 6.85. The Morgan fingerprint density at radius 1 is 1.35 bits per heavy atom. The molecule has 0 bridgehead atoms. The number of ether oxygens (including phenoxy) is 1. The van der Waals surface area contributed by atoms with Crippen molar-refractivity contribution in [1.82, 2.24) is 10.2 Å². The second-order valence-corrected chi connectivity index (χ2v) is 5.79. The minimum absolute atomic E-state index is 0.0859. The lowest BCUT2D eigenvalue weighted by molar-refractivity contribution is -0.159. The summed E-state index contributed by atoms with van der Waals surface area (Å²) in [7, 11) is 1.57. The summed E-state index contributed by atoms with van der Waals surface area (Å²) in [6.07, 6.45) is 2.07. The number of carbonyl (C=O) groups excluding carboxylic acids is 3. The van der Waals surface area contributed by atoms with Crippen molar-refractivity contribution < 1.29 is 19.1 Å². The van der Waals surface area contributed by atoms with Crippen molar-refractivity contribution in [3.63, 3.8) is 0 Å². The molecule has 20 heavy (non-hydrogen) atoms. The molecule has 1 atom stereocenters. The Kier molecular flexibility index (Phi) is 7.87. The fourth-order valence-corrected chi connectivity index (χ4v) is 1.81. The summed E-state index contributed by atoms with van der Waals surface area (Å²) in [5.74, 6) is -0.906. The maximum absolute atomic E-state index is 12.2. The van der Waals surface area contributed by atoms with E-state index in [4.69, 9.17) is 4.74 Å². The largest absolute Gasteiger partial charge is 0.459 e. The molecule has 0 spiro atoms. The number of hydrogen-bond acceptors (Lipinski definition) is 4. The van der Waals surface area contributed by atoms with E-state index in [9.17, 15) is 14.4 Å². The molecule has 0 heterocycles. The normalized spacial score (nSPS) is 12.4. The van der Waals surface area contributed by atoms with Gasteiger partial charge >= 0.3 is 5.97 Å². The highest BCUT2D eigenvalue weighted by Gasteiger charge is 2.24. The molecule has 0 aromatic rings. The molecule has 0 radical (unpaired) electrons. The van der Waals surface area contributed by atoms with Gasteiger partial charge in [-0.2, -0.15) is 0 Å². The van der Waals surface area contributed by atoms with Gasteiger partial charge in [-0.05, 0) is 27.2 Å².